The summed E-state index contributed by atoms with van der Waals surface area (Å²) in [7, 11) is 0. The Labute approximate surface area is 234 Å². The van der Waals surface area contributed by atoms with Gasteiger partial charge in [0.1, 0.15) is 75.3 Å². The lowest BCUT2D eigenvalue weighted by Crippen LogP contribution is -2.62. The Hall–Kier alpha value is -1.33. The summed E-state index contributed by atoms with van der Waals surface area (Å²) in [4.78, 5) is 11.9. The average Bonchev–Trinajstić information content (AvgIpc) is 3.35. The molecule has 0 bridgehead atoms. The van der Waals surface area contributed by atoms with Crippen LogP contribution in [0.1, 0.15) is 19.8 Å². The number of nitrogens with one attached hydrogen (secondary N) is 1. The molecule has 0 saturated carbocycles. The number of carbonyl (C=O) groups excluding carboxylic acids is 1. The highest BCUT2D eigenvalue weighted by molar-refractivity contribution is 5.67. The van der Waals surface area contributed by atoms with E-state index in [4.69, 9.17) is 28.4 Å². The summed E-state index contributed by atoms with van der Waals surface area (Å²) in [5.41, 5.74) is 0. The largest absolute Gasteiger partial charge is 0.447 e. The third-order valence-corrected chi connectivity index (χ3v) is 7.30. The van der Waals surface area contributed by atoms with E-state index in [0.29, 0.717) is 13.0 Å². The number of alkyl carbamates (subject to hydrolysis) is 1. The van der Waals surface area contributed by atoms with Gasteiger partial charge in [0.05, 0.1) is 19.3 Å². The molecule has 0 radical (unpaired) electrons. The van der Waals surface area contributed by atoms with Gasteiger partial charge in [-0.1, -0.05) is 6.92 Å². The van der Waals surface area contributed by atoms with Crippen LogP contribution in [0.3, 0.4) is 0 Å². The fourth-order valence-electron chi connectivity index (χ4n) is 4.73. The van der Waals surface area contributed by atoms with E-state index in [-0.39, 0.29) is 0 Å². The van der Waals surface area contributed by atoms with E-state index in [0.717, 1.165) is 0 Å². The zero-order chi connectivity index (χ0) is 30.6. The Kier molecular flexibility index (Phi) is 11.6. The van der Waals surface area contributed by atoms with Crippen molar-refractivity contribution in [1.82, 2.24) is 5.32 Å². The molecular weight excluding hydrogens is 562 g/mol. The molecule has 11 N–H and O–H groups in total. The zero-order valence-electron chi connectivity index (χ0n) is 22.4. The minimum Gasteiger partial charge on any atom is -0.447 e. The molecule has 3 rings (SSSR count). The molecule has 3 fully saturated rings. The van der Waals surface area contributed by atoms with Gasteiger partial charge < -0.3 is 84.8 Å². The number of aliphatic hydroxyl groups excluding tert-OH is 9. The highest BCUT2D eigenvalue weighted by Gasteiger charge is 2.61. The topological polar surface area (TPSA) is 287 Å². The Balaban J connectivity index is 1.83. The predicted octanol–water partition coefficient (Wildman–Crippen LogP) is -6.03. The van der Waals surface area contributed by atoms with Crippen molar-refractivity contribution in [2.45, 2.75) is 92.1 Å². The lowest BCUT2D eigenvalue weighted by Gasteiger charge is -2.44. The van der Waals surface area contributed by atoms with Crippen LogP contribution in [0, 0.1) is 0 Å². The van der Waals surface area contributed by atoms with Gasteiger partial charge in [0, 0.05) is 13.0 Å². The zero-order valence-corrected chi connectivity index (χ0v) is 22.4. The molecule has 3 saturated heterocycles. The average molecular weight is 604 g/mol. The predicted molar refractivity (Wildman–Crippen MR) is 128 cm³/mol. The summed E-state index contributed by atoms with van der Waals surface area (Å²) in [6.07, 6.45) is -15.3. The lowest BCUT2D eigenvalue weighted by atomic mass is 9.96. The first kappa shape index (κ1) is 34.2. The van der Waals surface area contributed by atoms with Gasteiger partial charge in [0.25, 0.3) is 0 Å². The molecule has 0 aromatic rings. The molecule has 4 unspecified atom stereocenters. The van der Waals surface area contributed by atoms with E-state index in [1.165, 1.54) is 0 Å². The lowest BCUT2D eigenvalue weighted by molar-refractivity contribution is -0.381. The van der Waals surface area contributed by atoms with Gasteiger partial charge in [-0.05, 0) is 6.42 Å². The van der Waals surface area contributed by atoms with E-state index < -0.39 is 124 Å². The van der Waals surface area contributed by atoms with Gasteiger partial charge in [-0.25, -0.2) is 4.79 Å². The normalized spacial score (nSPS) is 44.7. The van der Waals surface area contributed by atoms with Crippen LogP contribution in [0.15, 0.2) is 0 Å². The summed E-state index contributed by atoms with van der Waals surface area (Å²) in [5.74, 6) is -7.42. The standard InChI is InChI=1S/C23H41NO17/c1-2-3-24-20(34)36-7-14-17(31)19(33)23(41-14,10-38-22(8-27)18(32)16(30)13(6-26)40-22)37-9-21(35)15(29)4-11(28)12(5-25)39-21/h11-19,25-33,35H,2-10H2,1H3,(H,24,34)/t11-,12?,13+,14+,15?,16-,17-,18?,19?,21+,22+,23+/m0/s1. The summed E-state index contributed by atoms with van der Waals surface area (Å²) in [5, 5.41) is 105. The van der Waals surface area contributed by atoms with Gasteiger partial charge in [0.15, 0.2) is 0 Å². The SMILES string of the molecule is CCCNC(=O)OC[C@H]1O[C@@](CO[C@]2(CO)O[C@H](CO)[C@H](O)C2O)(OC[C@@]2(O)OC(CO)[C@@H](O)CC2O)C(O)[C@H]1O. The third kappa shape index (κ3) is 7.08. The van der Waals surface area contributed by atoms with Gasteiger partial charge in [-0.15, -0.1) is 0 Å². The van der Waals surface area contributed by atoms with Crippen LogP contribution in [-0.2, 0) is 28.4 Å². The number of hydrogen-bond acceptors (Lipinski definition) is 17. The smallest absolute Gasteiger partial charge is 0.407 e. The maximum Gasteiger partial charge on any atom is 0.407 e. The van der Waals surface area contributed by atoms with Crippen molar-refractivity contribution in [1.29, 1.82) is 0 Å². The second kappa shape index (κ2) is 14.0. The van der Waals surface area contributed by atoms with Crippen molar-refractivity contribution in [3.63, 3.8) is 0 Å². The van der Waals surface area contributed by atoms with Crippen LogP contribution in [0.5, 0.6) is 0 Å². The fraction of sp³-hybridized carbons (Fsp3) is 0.957. The molecule has 41 heavy (non-hydrogen) atoms. The third-order valence-electron chi connectivity index (χ3n) is 7.30. The summed E-state index contributed by atoms with van der Waals surface area (Å²) >= 11 is 0. The van der Waals surface area contributed by atoms with E-state index in [9.17, 15) is 55.9 Å². The number of rotatable bonds is 13. The summed E-state index contributed by atoms with van der Waals surface area (Å²) in [6.45, 7) is -3.04. The first-order chi connectivity index (χ1) is 19.3. The van der Waals surface area contributed by atoms with Crippen LogP contribution < -0.4 is 5.32 Å². The Morgan fingerprint density at radius 2 is 1.44 bits per heavy atom. The molecule has 3 aliphatic heterocycles. The molecule has 240 valence electrons. The number of hydrogen-bond donors (Lipinski definition) is 11. The maximum atomic E-state index is 11.9. The van der Waals surface area contributed by atoms with Crippen molar-refractivity contribution >= 4 is 6.09 Å². The van der Waals surface area contributed by atoms with Crippen LogP contribution >= 0.6 is 0 Å². The number of ether oxygens (including phenoxy) is 6. The monoisotopic (exact) mass is 603 g/mol. The molecule has 12 atom stereocenters. The second-order valence-corrected chi connectivity index (χ2v) is 10.3. The Morgan fingerprint density at radius 3 is 2.02 bits per heavy atom. The van der Waals surface area contributed by atoms with Crippen molar-refractivity contribution in [3.05, 3.63) is 0 Å². The number of carbonyl (C=O) groups is 1. The number of aliphatic hydroxyl groups is 10. The minimum absolute atomic E-state index is 0.299. The van der Waals surface area contributed by atoms with Crippen molar-refractivity contribution in [2.75, 3.05) is 46.2 Å². The molecule has 18 nitrogen and oxygen atoms in total. The van der Waals surface area contributed by atoms with Crippen LogP contribution in [0.4, 0.5) is 4.79 Å². The summed E-state index contributed by atoms with van der Waals surface area (Å²) in [6, 6.07) is 0. The first-order valence-corrected chi connectivity index (χ1v) is 13.2. The van der Waals surface area contributed by atoms with E-state index in [1.807, 2.05) is 6.92 Å². The molecule has 18 heteroatoms. The number of amides is 1. The molecule has 0 aromatic carbocycles. The molecule has 0 spiro atoms. The van der Waals surface area contributed by atoms with Crippen molar-refractivity contribution in [3.8, 4) is 0 Å². The van der Waals surface area contributed by atoms with Crippen molar-refractivity contribution < 1.29 is 84.3 Å². The fourth-order valence-corrected chi connectivity index (χ4v) is 4.73. The quantitative estimate of drug-likeness (QED) is 0.0933. The second-order valence-electron chi connectivity index (χ2n) is 10.3. The molecule has 3 heterocycles. The molecule has 0 aromatic heterocycles. The van der Waals surface area contributed by atoms with Crippen LogP contribution in [0.25, 0.3) is 0 Å². The summed E-state index contributed by atoms with van der Waals surface area (Å²) < 4.78 is 32.5. The van der Waals surface area contributed by atoms with Crippen LogP contribution in [-0.4, -0.2) is 176 Å². The van der Waals surface area contributed by atoms with E-state index in [1.54, 1.807) is 0 Å². The molecule has 3 aliphatic rings. The minimum atomic E-state index is -2.57. The molecular formula is C23H41NO17. The van der Waals surface area contributed by atoms with E-state index in [2.05, 4.69) is 5.32 Å². The van der Waals surface area contributed by atoms with Gasteiger partial charge in [0.2, 0.25) is 17.4 Å². The molecule has 0 aliphatic carbocycles. The highest BCUT2D eigenvalue weighted by atomic mass is 16.8. The first-order valence-electron chi connectivity index (χ1n) is 13.2. The Morgan fingerprint density at radius 1 is 0.854 bits per heavy atom. The van der Waals surface area contributed by atoms with E-state index >= 15 is 0 Å². The Bertz CT molecular complexity index is 855. The van der Waals surface area contributed by atoms with Gasteiger partial charge in [-0.3, -0.25) is 0 Å². The van der Waals surface area contributed by atoms with Crippen LogP contribution in [0.2, 0.25) is 0 Å². The van der Waals surface area contributed by atoms with Gasteiger partial charge >= 0.3 is 6.09 Å². The van der Waals surface area contributed by atoms with Crippen molar-refractivity contribution in [2.24, 2.45) is 0 Å². The highest BCUT2D eigenvalue weighted by Crippen LogP contribution is 2.39. The van der Waals surface area contributed by atoms with Gasteiger partial charge in [-0.2, -0.15) is 0 Å². The maximum absolute atomic E-state index is 11.9. The molecule has 1 amide bonds.